The normalized spacial score (nSPS) is 23.5. The first-order chi connectivity index (χ1) is 13.0. The molecule has 1 fully saturated rings. The van der Waals surface area contributed by atoms with Gasteiger partial charge in [0.15, 0.2) is 6.04 Å². The van der Waals surface area contributed by atoms with Crippen molar-refractivity contribution in [1.29, 1.82) is 0 Å². The predicted octanol–water partition coefficient (Wildman–Crippen LogP) is 2.38. The number of ether oxygens (including phenoxy) is 2. The second-order valence-electron chi connectivity index (χ2n) is 7.36. The number of carbonyl (C=O) groups excluding carboxylic acids is 1. The molecule has 2 N–H and O–H groups in total. The van der Waals surface area contributed by atoms with Gasteiger partial charge in [-0.3, -0.25) is 4.79 Å². The van der Waals surface area contributed by atoms with E-state index in [2.05, 4.69) is 19.2 Å². The van der Waals surface area contributed by atoms with Crippen molar-refractivity contribution in [3.63, 3.8) is 0 Å². The van der Waals surface area contributed by atoms with Crippen LogP contribution in [0.2, 0.25) is 0 Å². The summed E-state index contributed by atoms with van der Waals surface area (Å²) < 4.78 is 11.3. The molecule has 2 aromatic rings. The Kier molecular flexibility index (Phi) is 6.14. The van der Waals surface area contributed by atoms with Gasteiger partial charge >= 0.3 is 0 Å². The summed E-state index contributed by atoms with van der Waals surface area (Å²) >= 11 is 0. The first-order valence-corrected chi connectivity index (χ1v) is 9.48. The van der Waals surface area contributed by atoms with Gasteiger partial charge in [-0.05, 0) is 38.5 Å². The molecule has 1 aliphatic heterocycles. The Morgan fingerprint density at radius 3 is 2.44 bits per heavy atom. The minimum Gasteiger partial charge on any atom is -0.495 e. The van der Waals surface area contributed by atoms with Crippen LogP contribution in [-0.4, -0.2) is 38.3 Å². The quantitative estimate of drug-likeness (QED) is 0.851. The van der Waals surface area contributed by atoms with E-state index in [1.54, 1.807) is 7.11 Å². The lowest BCUT2D eigenvalue weighted by Gasteiger charge is -2.36. The van der Waals surface area contributed by atoms with Crippen molar-refractivity contribution < 1.29 is 19.2 Å². The molecule has 1 heterocycles. The highest BCUT2D eigenvalue weighted by Gasteiger charge is 2.37. The van der Waals surface area contributed by atoms with E-state index < -0.39 is 0 Å². The van der Waals surface area contributed by atoms with Crippen molar-refractivity contribution in [3.8, 4) is 5.75 Å². The summed E-state index contributed by atoms with van der Waals surface area (Å²) in [5.74, 6) is 0.640. The third-order valence-electron chi connectivity index (χ3n) is 4.98. The van der Waals surface area contributed by atoms with Crippen LogP contribution in [0.1, 0.15) is 31.0 Å². The summed E-state index contributed by atoms with van der Waals surface area (Å²) in [4.78, 5) is 14.6. The van der Waals surface area contributed by atoms with Gasteiger partial charge < -0.3 is 19.7 Å². The Hall–Kier alpha value is -2.37. The maximum absolute atomic E-state index is 13.4. The summed E-state index contributed by atoms with van der Waals surface area (Å²) in [6, 6.07) is 15.5. The highest BCUT2D eigenvalue weighted by atomic mass is 16.5. The Morgan fingerprint density at radius 2 is 1.81 bits per heavy atom. The van der Waals surface area contributed by atoms with Crippen molar-refractivity contribution in [2.24, 2.45) is 0 Å². The number of carbonyl (C=O) groups is 1. The van der Waals surface area contributed by atoms with Gasteiger partial charge in [0.2, 0.25) is 0 Å². The highest BCUT2D eigenvalue weighted by molar-refractivity contribution is 5.96. The smallest absolute Gasteiger partial charge is 0.287 e. The molecule has 1 saturated heterocycles. The zero-order valence-corrected chi connectivity index (χ0v) is 16.5. The predicted molar refractivity (Wildman–Crippen MR) is 106 cm³/mol. The molecule has 3 atom stereocenters. The van der Waals surface area contributed by atoms with Crippen LogP contribution in [-0.2, 0) is 9.53 Å². The van der Waals surface area contributed by atoms with Crippen molar-refractivity contribution in [2.75, 3.05) is 25.5 Å². The average molecular weight is 369 g/mol. The second kappa shape index (κ2) is 8.55. The van der Waals surface area contributed by atoms with Gasteiger partial charge in [-0.1, -0.05) is 36.4 Å². The molecule has 0 saturated carbocycles. The van der Waals surface area contributed by atoms with Gasteiger partial charge in [-0.25, -0.2) is 0 Å². The minimum atomic E-state index is -0.301. The number of morpholine rings is 1. The number of benzene rings is 2. The summed E-state index contributed by atoms with van der Waals surface area (Å²) in [5.41, 5.74) is 2.79. The number of hydrogen-bond donors (Lipinski definition) is 2. The molecule has 27 heavy (non-hydrogen) atoms. The summed E-state index contributed by atoms with van der Waals surface area (Å²) in [6.07, 6.45) is 0.243. The van der Waals surface area contributed by atoms with E-state index in [1.165, 1.54) is 4.90 Å². The van der Waals surface area contributed by atoms with E-state index in [9.17, 15) is 4.79 Å². The number of anilines is 1. The third kappa shape index (κ3) is 4.67. The molecule has 0 spiro atoms. The van der Waals surface area contributed by atoms with Gasteiger partial charge in [0, 0.05) is 5.56 Å². The van der Waals surface area contributed by atoms with Crippen LogP contribution in [0.25, 0.3) is 0 Å². The molecule has 144 valence electrons. The molecule has 5 nitrogen and oxygen atoms in total. The molecule has 1 amide bonds. The first-order valence-electron chi connectivity index (χ1n) is 9.48. The first kappa shape index (κ1) is 19.4. The monoisotopic (exact) mass is 369 g/mol. The van der Waals surface area contributed by atoms with E-state index in [-0.39, 0.29) is 24.2 Å². The van der Waals surface area contributed by atoms with E-state index in [4.69, 9.17) is 9.47 Å². The topological polar surface area (TPSA) is 52.0 Å². The molecular weight excluding hydrogens is 340 g/mol. The fourth-order valence-corrected chi connectivity index (χ4v) is 3.89. The number of hydrogen-bond acceptors (Lipinski definition) is 3. The number of amides is 1. The van der Waals surface area contributed by atoms with Gasteiger partial charge in [-0.15, -0.1) is 0 Å². The number of quaternary nitrogens is 1. The minimum absolute atomic E-state index is 0.0265. The highest BCUT2D eigenvalue weighted by Crippen LogP contribution is 2.26. The van der Waals surface area contributed by atoms with Crippen molar-refractivity contribution in [1.82, 2.24) is 0 Å². The zero-order valence-electron chi connectivity index (χ0n) is 16.5. The Labute approximate surface area is 161 Å². The summed E-state index contributed by atoms with van der Waals surface area (Å²) in [7, 11) is 1.62. The second-order valence-corrected chi connectivity index (χ2v) is 7.36. The number of nitrogens with one attached hydrogen (secondary N) is 2. The molecule has 0 radical (unpaired) electrons. The summed E-state index contributed by atoms with van der Waals surface area (Å²) in [6.45, 7) is 7.73. The zero-order chi connectivity index (χ0) is 19.4. The molecular formula is C22H29N2O3+. The van der Waals surface area contributed by atoms with Gasteiger partial charge in [0.1, 0.15) is 31.0 Å². The lowest BCUT2D eigenvalue weighted by Crippen LogP contribution is -3.16. The molecule has 0 bridgehead atoms. The van der Waals surface area contributed by atoms with Crippen molar-refractivity contribution >= 4 is 11.6 Å². The lowest BCUT2D eigenvalue weighted by molar-refractivity contribution is -0.935. The van der Waals surface area contributed by atoms with E-state index in [0.717, 1.165) is 24.2 Å². The van der Waals surface area contributed by atoms with Crippen LogP contribution >= 0.6 is 0 Å². The fraction of sp³-hybridized carbons (Fsp3) is 0.409. The number of methoxy groups -OCH3 is 1. The molecule has 0 aliphatic carbocycles. The average Bonchev–Trinajstić information content (AvgIpc) is 2.62. The van der Waals surface area contributed by atoms with Crippen LogP contribution in [0.5, 0.6) is 5.75 Å². The maximum Gasteiger partial charge on any atom is 0.287 e. The fourth-order valence-electron chi connectivity index (χ4n) is 3.89. The third-order valence-corrected chi connectivity index (χ3v) is 4.98. The molecule has 3 rings (SSSR count). The van der Waals surface area contributed by atoms with E-state index >= 15 is 0 Å². The van der Waals surface area contributed by atoms with Gasteiger partial charge in [-0.2, -0.15) is 0 Å². The van der Waals surface area contributed by atoms with Crippen LogP contribution in [0.15, 0.2) is 48.5 Å². The van der Waals surface area contributed by atoms with Gasteiger partial charge in [0.25, 0.3) is 5.91 Å². The molecule has 0 unspecified atom stereocenters. The van der Waals surface area contributed by atoms with Crippen LogP contribution in [0, 0.1) is 6.92 Å². The Balaban J connectivity index is 1.91. The SMILES string of the molecule is COc1ccc(C)cc1NC(=O)[C@H](c1ccccc1)[NH+]1C[C@@H](C)O[C@H](C)C1. The van der Waals surface area contributed by atoms with Crippen molar-refractivity contribution in [3.05, 3.63) is 59.7 Å². The lowest BCUT2D eigenvalue weighted by atomic mass is 10.0. The van der Waals surface area contributed by atoms with Crippen LogP contribution < -0.4 is 15.0 Å². The molecule has 1 aliphatic rings. The largest absolute Gasteiger partial charge is 0.495 e. The number of rotatable bonds is 5. The van der Waals surface area contributed by atoms with Crippen LogP contribution in [0.4, 0.5) is 5.69 Å². The standard InChI is InChI=1S/C22H28N2O3/c1-15-10-11-20(26-4)19(12-15)23-22(25)21(18-8-6-5-7-9-18)24-13-16(2)27-17(3)14-24/h5-12,16-17,21H,13-14H2,1-4H3,(H,23,25)/p+1/t16-,17-,21+/m1/s1. The van der Waals surface area contributed by atoms with Crippen LogP contribution in [0.3, 0.4) is 0 Å². The molecule has 5 heteroatoms. The Bertz CT molecular complexity index is 768. The number of aryl methyl sites for hydroxylation is 1. The maximum atomic E-state index is 13.4. The molecule has 0 aromatic heterocycles. The summed E-state index contributed by atoms with van der Waals surface area (Å²) in [5, 5.41) is 3.10. The van der Waals surface area contributed by atoms with E-state index in [1.807, 2.05) is 55.5 Å². The van der Waals surface area contributed by atoms with E-state index in [0.29, 0.717) is 11.4 Å². The molecule has 2 aromatic carbocycles. The van der Waals surface area contributed by atoms with Gasteiger partial charge in [0.05, 0.1) is 12.8 Å². The van der Waals surface area contributed by atoms with Crippen molar-refractivity contribution in [2.45, 2.75) is 39.0 Å². The Morgan fingerprint density at radius 1 is 1.15 bits per heavy atom.